The first-order chi connectivity index (χ1) is 8.32. The first-order valence-electron chi connectivity index (χ1n) is 6.54. The van der Waals surface area contributed by atoms with Crippen LogP contribution < -0.4 is 5.73 Å². The summed E-state index contributed by atoms with van der Waals surface area (Å²) in [6.45, 7) is 6.34. The van der Waals surface area contributed by atoms with Crippen LogP contribution in [0, 0.1) is 0 Å². The van der Waals surface area contributed by atoms with Crippen molar-refractivity contribution in [2.75, 3.05) is 5.73 Å². The summed E-state index contributed by atoms with van der Waals surface area (Å²) in [6.07, 6.45) is 3.67. The van der Waals surface area contributed by atoms with Gasteiger partial charge in [-0.15, -0.1) is 0 Å². The molecule has 3 N–H and O–H groups in total. The summed E-state index contributed by atoms with van der Waals surface area (Å²) in [5.41, 5.74) is 7.03. The average Bonchev–Trinajstić information content (AvgIpc) is 2.57. The zero-order valence-corrected chi connectivity index (χ0v) is 12.9. The van der Waals surface area contributed by atoms with Gasteiger partial charge in [-0.2, -0.15) is 5.10 Å². The van der Waals surface area contributed by atoms with E-state index >= 15 is 0 Å². The third-order valence-corrected chi connectivity index (χ3v) is 4.39. The van der Waals surface area contributed by atoms with E-state index in [1.165, 1.54) is 0 Å². The van der Waals surface area contributed by atoms with E-state index in [4.69, 9.17) is 5.73 Å². The summed E-state index contributed by atoms with van der Waals surface area (Å²) in [7, 11) is 0. The van der Waals surface area contributed by atoms with E-state index in [-0.39, 0.29) is 17.6 Å². The molecule has 0 saturated heterocycles. The summed E-state index contributed by atoms with van der Waals surface area (Å²) in [5, 5.41) is 14.8. The van der Waals surface area contributed by atoms with Crippen molar-refractivity contribution < 1.29 is 5.11 Å². The van der Waals surface area contributed by atoms with Crippen LogP contribution in [0.2, 0.25) is 0 Å². The second kappa shape index (κ2) is 4.85. The molecule has 1 aliphatic rings. The molecule has 0 amide bonds. The van der Waals surface area contributed by atoms with Crippen molar-refractivity contribution >= 4 is 21.7 Å². The predicted octanol–water partition coefficient (Wildman–Crippen LogP) is 3.00. The molecule has 102 valence electrons. The summed E-state index contributed by atoms with van der Waals surface area (Å²) < 4.78 is 2.68. The maximum absolute atomic E-state index is 10.1. The molecule has 0 bridgehead atoms. The lowest BCUT2D eigenvalue weighted by Gasteiger charge is -2.28. The first-order valence-corrected chi connectivity index (χ1v) is 7.33. The van der Waals surface area contributed by atoms with Crippen LogP contribution in [0.25, 0.3) is 0 Å². The van der Waals surface area contributed by atoms with Crippen LogP contribution in [0.15, 0.2) is 4.47 Å². The molecular weight excluding hydrogens is 294 g/mol. The van der Waals surface area contributed by atoms with Gasteiger partial charge >= 0.3 is 0 Å². The molecule has 1 fully saturated rings. The fourth-order valence-corrected chi connectivity index (χ4v) is 3.39. The van der Waals surface area contributed by atoms with Crippen molar-refractivity contribution in [3.63, 3.8) is 0 Å². The number of hydrogen-bond donors (Lipinski definition) is 2. The van der Waals surface area contributed by atoms with Gasteiger partial charge in [0.1, 0.15) is 5.82 Å². The second-order valence-corrected chi connectivity index (χ2v) is 6.95. The van der Waals surface area contributed by atoms with Crippen LogP contribution in [-0.2, 0) is 5.41 Å². The quantitative estimate of drug-likeness (QED) is 0.837. The largest absolute Gasteiger partial charge is 0.391 e. The van der Waals surface area contributed by atoms with Crippen LogP contribution in [-0.4, -0.2) is 21.0 Å². The Morgan fingerprint density at radius 1 is 1.33 bits per heavy atom. The molecule has 2 atom stereocenters. The number of aromatic nitrogens is 2. The van der Waals surface area contributed by atoms with Crippen molar-refractivity contribution in [2.24, 2.45) is 0 Å². The molecule has 0 radical (unpaired) electrons. The monoisotopic (exact) mass is 315 g/mol. The lowest BCUT2D eigenvalue weighted by molar-refractivity contribution is 0.0701. The van der Waals surface area contributed by atoms with Crippen LogP contribution in [0.5, 0.6) is 0 Å². The molecule has 18 heavy (non-hydrogen) atoms. The van der Waals surface area contributed by atoms with Gasteiger partial charge in [-0.3, -0.25) is 0 Å². The van der Waals surface area contributed by atoms with E-state index in [1.54, 1.807) is 0 Å². The molecule has 0 spiro atoms. The number of rotatable bonds is 1. The Kier molecular flexibility index (Phi) is 3.74. The standard InChI is InChI=1S/C13H22BrN3O/c1-13(2,3)11-10(14)12(15)17(16-11)8-6-4-5-7-9(8)18/h8-9,18H,4-7,15H2,1-3H3. The van der Waals surface area contributed by atoms with E-state index in [2.05, 4.69) is 41.8 Å². The number of aliphatic hydroxyl groups is 1. The van der Waals surface area contributed by atoms with Crippen molar-refractivity contribution in [1.29, 1.82) is 0 Å². The molecule has 5 heteroatoms. The molecule has 1 aromatic rings. The van der Waals surface area contributed by atoms with E-state index in [0.717, 1.165) is 35.8 Å². The third-order valence-electron chi connectivity index (χ3n) is 3.61. The van der Waals surface area contributed by atoms with Crippen LogP contribution in [0.3, 0.4) is 0 Å². The third kappa shape index (κ3) is 2.43. The van der Waals surface area contributed by atoms with Gasteiger partial charge in [0, 0.05) is 5.41 Å². The number of nitrogens with zero attached hydrogens (tertiary/aromatic N) is 2. The fraction of sp³-hybridized carbons (Fsp3) is 0.769. The summed E-state index contributed by atoms with van der Waals surface area (Å²) in [4.78, 5) is 0. The zero-order valence-electron chi connectivity index (χ0n) is 11.3. The molecule has 4 nitrogen and oxygen atoms in total. The van der Waals surface area contributed by atoms with E-state index < -0.39 is 0 Å². The van der Waals surface area contributed by atoms with Crippen molar-refractivity contribution in [3.8, 4) is 0 Å². The molecule has 1 saturated carbocycles. The van der Waals surface area contributed by atoms with Crippen molar-refractivity contribution in [1.82, 2.24) is 9.78 Å². The zero-order chi connectivity index (χ0) is 13.5. The minimum atomic E-state index is -0.333. The lowest BCUT2D eigenvalue weighted by atomic mass is 9.92. The molecule has 0 aliphatic heterocycles. The Morgan fingerprint density at radius 3 is 2.44 bits per heavy atom. The Hall–Kier alpha value is -0.550. The van der Waals surface area contributed by atoms with E-state index in [9.17, 15) is 5.11 Å². The number of aliphatic hydroxyl groups excluding tert-OH is 1. The molecule has 1 heterocycles. The summed E-state index contributed by atoms with van der Waals surface area (Å²) in [6, 6.07) is 0.0196. The summed E-state index contributed by atoms with van der Waals surface area (Å²) >= 11 is 3.53. The topological polar surface area (TPSA) is 64.1 Å². The highest BCUT2D eigenvalue weighted by Gasteiger charge is 2.31. The van der Waals surface area contributed by atoms with Gasteiger partial charge in [-0.1, -0.05) is 33.6 Å². The molecule has 0 aromatic carbocycles. The predicted molar refractivity (Wildman–Crippen MR) is 76.6 cm³/mol. The van der Waals surface area contributed by atoms with E-state index in [0.29, 0.717) is 5.82 Å². The molecular formula is C13H22BrN3O. The molecule has 2 rings (SSSR count). The molecule has 1 aliphatic carbocycles. The van der Waals surface area contributed by atoms with Gasteiger partial charge in [0.25, 0.3) is 0 Å². The highest BCUT2D eigenvalue weighted by molar-refractivity contribution is 9.10. The smallest absolute Gasteiger partial charge is 0.136 e. The van der Waals surface area contributed by atoms with Crippen LogP contribution in [0.4, 0.5) is 5.82 Å². The minimum absolute atomic E-state index is 0.0196. The van der Waals surface area contributed by atoms with Crippen molar-refractivity contribution in [2.45, 2.75) is 64.0 Å². The number of anilines is 1. The van der Waals surface area contributed by atoms with Gasteiger partial charge in [0.15, 0.2) is 0 Å². The highest BCUT2D eigenvalue weighted by atomic mass is 79.9. The van der Waals surface area contributed by atoms with Crippen molar-refractivity contribution in [3.05, 3.63) is 10.2 Å². The number of halogens is 1. The number of hydrogen-bond acceptors (Lipinski definition) is 3. The number of nitrogens with two attached hydrogens (primary N) is 1. The maximum atomic E-state index is 10.1. The first kappa shape index (κ1) is 13.9. The van der Waals surface area contributed by atoms with E-state index in [1.807, 2.05) is 4.68 Å². The van der Waals surface area contributed by atoms with Gasteiger partial charge in [0.2, 0.25) is 0 Å². The normalized spacial score (nSPS) is 25.4. The Labute approximate surface area is 117 Å². The van der Waals surface area contributed by atoms with Gasteiger partial charge < -0.3 is 10.8 Å². The van der Waals surface area contributed by atoms with Crippen LogP contribution >= 0.6 is 15.9 Å². The second-order valence-electron chi connectivity index (χ2n) is 6.16. The molecule has 2 unspecified atom stereocenters. The Balaban J connectivity index is 2.40. The molecule has 1 aromatic heterocycles. The highest BCUT2D eigenvalue weighted by Crippen LogP contribution is 2.37. The Morgan fingerprint density at radius 2 is 1.94 bits per heavy atom. The minimum Gasteiger partial charge on any atom is -0.391 e. The van der Waals surface area contributed by atoms with Gasteiger partial charge in [-0.25, -0.2) is 4.68 Å². The van der Waals surface area contributed by atoms with Gasteiger partial charge in [0.05, 0.1) is 22.3 Å². The average molecular weight is 316 g/mol. The van der Waals surface area contributed by atoms with Gasteiger partial charge in [-0.05, 0) is 28.8 Å². The number of nitrogen functional groups attached to an aromatic ring is 1. The summed E-state index contributed by atoms with van der Waals surface area (Å²) in [5.74, 6) is 0.630. The van der Waals surface area contributed by atoms with Crippen LogP contribution in [0.1, 0.15) is 58.2 Å². The fourth-order valence-electron chi connectivity index (χ4n) is 2.54. The Bertz CT molecular complexity index is 436. The SMILES string of the molecule is CC(C)(C)c1nn(C2CCCCC2O)c(N)c1Br. The maximum Gasteiger partial charge on any atom is 0.136 e. The lowest BCUT2D eigenvalue weighted by Crippen LogP contribution is -2.29.